The molecule has 0 N–H and O–H groups in total. The number of carbonyl (C=O) groups excluding carboxylic acids is 1. The molecule has 0 saturated heterocycles. The highest BCUT2D eigenvalue weighted by molar-refractivity contribution is 5.79. The molecule has 0 unspecified atom stereocenters. The summed E-state index contributed by atoms with van der Waals surface area (Å²) in [5.41, 5.74) is 3.49. The van der Waals surface area contributed by atoms with Crippen LogP contribution in [0.5, 0.6) is 0 Å². The Balaban J connectivity index is 3.34. The molecule has 0 amide bonds. The molecule has 0 aromatic heterocycles. The molecular formula is C10H11NO. The van der Waals surface area contributed by atoms with Crippen molar-refractivity contribution < 1.29 is 4.79 Å². The molecule has 0 aliphatic rings. The number of benzene rings is 1. The smallest absolute Gasteiger partial charge is 0.150 e. The van der Waals surface area contributed by atoms with E-state index in [0.717, 1.165) is 28.7 Å². The second-order valence-electron chi connectivity index (χ2n) is 2.77. The van der Waals surface area contributed by atoms with Gasteiger partial charge in [-0.25, -0.2) is 0 Å². The molecule has 0 bridgehead atoms. The van der Waals surface area contributed by atoms with E-state index in [4.69, 9.17) is 0 Å². The van der Waals surface area contributed by atoms with Gasteiger partial charge in [0.1, 0.15) is 6.29 Å². The summed E-state index contributed by atoms with van der Waals surface area (Å²) in [5, 5.41) is 0. The molecule has 1 aromatic rings. The number of aliphatic imine (C=N–C) groups is 1. The van der Waals surface area contributed by atoms with Crippen LogP contribution >= 0.6 is 0 Å². The van der Waals surface area contributed by atoms with Crippen LogP contribution in [-0.2, 0) is 0 Å². The molecule has 0 saturated carbocycles. The Morgan fingerprint density at radius 2 is 2.00 bits per heavy atom. The summed E-state index contributed by atoms with van der Waals surface area (Å²) >= 11 is 0. The van der Waals surface area contributed by atoms with Crippen molar-refractivity contribution in [2.24, 2.45) is 4.99 Å². The summed E-state index contributed by atoms with van der Waals surface area (Å²) in [7, 11) is 0. The SMILES string of the molecule is C=Nc1cc(C)c(C=O)cc1C. The zero-order valence-electron chi connectivity index (χ0n) is 7.29. The van der Waals surface area contributed by atoms with Crippen LogP contribution in [-0.4, -0.2) is 13.0 Å². The molecule has 0 radical (unpaired) electrons. The normalized spacial score (nSPS) is 9.50. The third-order valence-corrected chi connectivity index (χ3v) is 1.88. The summed E-state index contributed by atoms with van der Waals surface area (Å²) in [5.74, 6) is 0. The molecule has 62 valence electrons. The minimum absolute atomic E-state index is 0.722. The van der Waals surface area contributed by atoms with Gasteiger partial charge in [0.2, 0.25) is 0 Å². The van der Waals surface area contributed by atoms with E-state index in [2.05, 4.69) is 11.7 Å². The average molecular weight is 161 g/mol. The van der Waals surface area contributed by atoms with Crippen molar-refractivity contribution in [2.75, 3.05) is 0 Å². The van der Waals surface area contributed by atoms with E-state index in [0.29, 0.717) is 0 Å². The predicted octanol–water partition coefficient (Wildman–Crippen LogP) is 2.45. The standard InChI is InChI=1S/C10H11NO/c1-7-5-10(11-3)8(2)4-9(7)6-12/h4-6H,3H2,1-2H3. The van der Waals surface area contributed by atoms with Crippen LogP contribution in [0.15, 0.2) is 17.1 Å². The minimum atomic E-state index is 0.722. The fourth-order valence-corrected chi connectivity index (χ4v) is 1.12. The molecule has 2 nitrogen and oxygen atoms in total. The number of aryl methyl sites for hydroxylation is 2. The van der Waals surface area contributed by atoms with Gasteiger partial charge in [-0.05, 0) is 43.8 Å². The highest BCUT2D eigenvalue weighted by Crippen LogP contribution is 2.21. The molecule has 12 heavy (non-hydrogen) atoms. The van der Waals surface area contributed by atoms with E-state index in [-0.39, 0.29) is 0 Å². The van der Waals surface area contributed by atoms with Gasteiger partial charge in [0, 0.05) is 5.56 Å². The number of hydrogen-bond acceptors (Lipinski definition) is 2. The van der Waals surface area contributed by atoms with Crippen LogP contribution in [0.4, 0.5) is 5.69 Å². The molecule has 1 aromatic carbocycles. The van der Waals surface area contributed by atoms with Gasteiger partial charge in [0.15, 0.2) is 0 Å². The van der Waals surface area contributed by atoms with Gasteiger partial charge in [-0.15, -0.1) is 0 Å². The molecule has 0 spiro atoms. The zero-order chi connectivity index (χ0) is 9.14. The van der Waals surface area contributed by atoms with Crippen molar-refractivity contribution in [3.05, 3.63) is 28.8 Å². The predicted molar refractivity (Wildman–Crippen MR) is 50.5 cm³/mol. The summed E-state index contributed by atoms with van der Waals surface area (Å²) in [6, 6.07) is 3.69. The number of aldehydes is 1. The van der Waals surface area contributed by atoms with Crippen molar-refractivity contribution in [1.82, 2.24) is 0 Å². The summed E-state index contributed by atoms with van der Waals surface area (Å²) in [4.78, 5) is 14.4. The van der Waals surface area contributed by atoms with Crippen LogP contribution in [0.1, 0.15) is 21.5 Å². The lowest BCUT2D eigenvalue weighted by atomic mass is 10.1. The molecule has 0 heterocycles. The van der Waals surface area contributed by atoms with Crippen LogP contribution in [0.2, 0.25) is 0 Å². The van der Waals surface area contributed by atoms with Crippen LogP contribution < -0.4 is 0 Å². The Hall–Kier alpha value is -1.44. The van der Waals surface area contributed by atoms with Crippen molar-refractivity contribution in [3.63, 3.8) is 0 Å². The van der Waals surface area contributed by atoms with Gasteiger partial charge >= 0.3 is 0 Å². The van der Waals surface area contributed by atoms with Gasteiger partial charge < -0.3 is 0 Å². The Bertz CT molecular complexity index is 295. The van der Waals surface area contributed by atoms with Crippen molar-refractivity contribution in [2.45, 2.75) is 13.8 Å². The number of hydrogen-bond donors (Lipinski definition) is 0. The second-order valence-corrected chi connectivity index (χ2v) is 2.77. The first-order valence-corrected chi connectivity index (χ1v) is 3.72. The quantitative estimate of drug-likeness (QED) is 0.484. The first-order valence-electron chi connectivity index (χ1n) is 3.72. The fraction of sp³-hybridized carbons (Fsp3) is 0.200. The topological polar surface area (TPSA) is 29.4 Å². The van der Waals surface area contributed by atoms with E-state index in [9.17, 15) is 4.79 Å². The maximum atomic E-state index is 10.5. The Labute approximate surface area is 71.9 Å². The first-order chi connectivity index (χ1) is 5.69. The largest absolute Gasteiger partial charge is 0.298 e. The second kappa shape index (κ2) is 3.30. The maximum Gasteiger partial charge on any atom is 0.150 e. The summed E-state index contributed by atoms with van der Waals surface area (Å²) < 4.78 is 0. The molecule has 0 aliphatic carbocycles. The zero-order valence-corrected chi connectivity index (χ0v) is 7.29. The third-order valence-electron chi connectivity index (χ3n) is 1.88. The molecule has 0 aliphatic heterocycles. The number of nitrogens with zero attached hydrogens (tertiary/aromatic N) is 1. The average Bonchev–Trinajstić information content (AvgIpc) is 2.08. The lowest BCUT2D eigenvalue weighted by Crippen LogP contribution is -1.87. The molecule has 0 atom stereocenters. The molecule has 2 heteroatoms. The Kier molecular flexibility index (Phi) is 2.38. The minimum Gasteiger partial charge on any atom is -0.298 e. The Morgan fingerprint density at radius 3 is 2.50 bits per heavy atom. The summed E-state index contributed by atoms with van der Waals surface area (Å²) in [6.45, 7) is 7.25. The lowest BCUT2D eigenvalue weighted by molar-refractivity contribution is 0.112. The van der Waals surface area contributed by atoms with Crippen LogP contribution in [0, 0.1) is 13.8 Å². The summed E-state index contributed by atoms with van der Waals surface area (Å²) in [6.07, 6.45) is 0.856. The van der Waals surface area contributed by atoms with Crippen molar-refractivity contribution >= 4 is 18.7 Å². The van der Waals surface area contributed by atoms with Crippen molar-refractivity contribution in [1.29, 1.82) is 0 Å². The van der Waals surface area contributed by atoms with Crippen LogP contribution in [0.25, 0.3) is 0 Å². The fourth-order valence-electron chi connectivity index (χ4n) is 1.12. The molecule has 0 fully saturated rings. The Morgan fingerprint density at radius 1 is 1.33 bits per heavy atom. The van der Waals surface area contributed by atoms with Gasteiger partial charge in [0.25, 0.3) is 0 Å². The van der Waals surface area contributed by atoms with Gasteiger partial charge in [-0.3, -0.25) is 9.79 Å². The van der Waals surface area contributed by atoms with E-state index in [1.165, 1.54) is 0 Å². The number of rotatable bonds is 2. The van der Waals surface area contributed by atoms with Crippen molar-refractivity contribution in [3.8, 4) is 0 Å². The van der Waals surface area contributed by atoms with E-state index in [1.807, 2.05) is 26.0 Å². The van der Waals surface area contributed by atoms with E-state index in [1.54, 1.807) is 0 Å². The van der Waals surface area contributed by atoms with Gasteiger partial charge in [-0.2, -0.15) is 0 Å². The first kappa shape index (κ1) is 8.65. The lowest BCUT2D eigenvalue weighted by Gasteiger charge is -2.03. The number of carbonyl (C=O) groups is 1. The van der Waals surface area contributed by atoms with Gasteiger partial charge in [0.05, 0.1) is 5.69 Å². The van der Waals surface area contributed by atoms with E-state index < -0.39 is 0 Å². The van der Waals surface area contributed by atoms with Gasteiger partial charge in [-0.1, -0.05) is 0 Å². The maximum absolute atomic E-state index is 10.5. The highest BCUT2D eigenvalue weighted by Gasteiger charge is 2.01. The monoisotopic (exact) mass is 161 g/mol. The molecular weight excluding hydrogens is 150 g/mol. The third kappa shape index (κ3) is 1.42. The molecule has 1 rings (SSSR count). The van der Waals surface area contributed by atoms with E-state index >= 15 is 0 Å². The van der Waals surface area contributed by atoms with Crippen LogP contribution in [0.3, 0.4) is 0 Å². The highest BCUT2D eigenvalue weighted by atomic mass is 16.1.